The quantitative estimate of drug-likeness (QED) is 0.861. The lowest BCUT2D eigenvalue weighted by molar-refractivity contribution is -0.122. The molecular formula is C14H13NO2. The maximum Gasteiger partial charge on any atom is 0.225 e. The number of para-hydroxylation sites is 1. The van der Waals surface area contributed by atoms with Crippen molar-refractivity contribution in [1.82, 2.24) is 0 Å². The molecule has 2 rings (SSSR count). The molecule has 86 valence electrons. The van der Waals surface area contributed by atoms with E-state index in [1.54, 1.807) is 18.2 Å². The van der Waals surface area contributed by atoms with Gasteiger partial charge in [0.2, 0.25) is 5.91 Å². The van der Waals surface area contributed by atoms with Gasteiger partial charge in [0.1, 0.15) is 0 Å². The van der Waals surface area contributed by atoms with E-state index in [1.165, 1.54) is 6.08 Å². The van der Waals surface area contributed by atoms with Gasteiger partial charge in [-0.15, -0.1) is 0 Å². The van der Waals surface area contributed by atoms with Gasteiger partial charge < -0.3 is 5.32 Å². The maximum atomic E-state index is 11.7. The lowest BCUT2D eigenvalue weighted by Crippen LogP contribution is -2.20. The number of carbonyl (C=O) groups is 2. The van der Waals surface area contributed by atoms with E-state index < -0.39 is 0 Å². The van der Waals surface area contributed by atoms with Crippen LogP contribution in [0.5, 0.6) is 0 Å². The van der Waals surface area contributed by atoms with E-state index in [9.17, 15) is 9.59 Å². The summed E-state index contributed by atoms with van der Waals surface area (Å²) in [6.45, 7) is 0. The lowest BCUT2D eigenvalue weighted by atomic mass is 9.95. The highest BCUT2D eigenvalue weighted by Gasteiger charge is 2.18. The third kappa shape index (κ3) is 3.14. The molecule has 3 nitrogen and oxygen atoms in total. The molecule has 0 radical (unpaired) electrons. The minimum atomic E-state index is -0.330. The van der Waals surface area contributed by atoms with Crippen molar-refractivity contribution in [2.75, 3.05) is 5.32 Å². The van der Waals surface area contributed by atoms with E-state index >= 15 is 0 Å². The number of hydrogen-bond donors (Lipinski definition) is 1. The van der Waals surface area contributed by atoms with Crippen LogP contribution in [0, 0.1) is 5.92 Å². The summed E-state index contributed by atoms with van der Waals surface area (Å²) in [4.78, 5) is 23.2. The topological polar surface area (TPSA) is 46.2 Å². The van der Waals surface area contributed by atoms with Crippen LogP contribution in [0.4, 0.5) is 5.69 Å². The number of rotatable bonds is 3. The molecule has 1 aliphatic rings. The van der Waals surface area contributed by atoms with Crippen LogP contribution in [0.15, 0.2) is 54.6 Å². The molecular weight excluding hydrogens is 214 g/mol. The van der Waals surface area contributed by atoms with Crippen LogP contribution < -0.4 is 5.32 Å². The molecule has 0 saturated heterocycles. The number of amides is 1. The van der Waals surface area contributed by atoms with Gasteiger partial charge in [0.25, 0.3) is 0 Å². The Kier molecular flexibility index (Phi) is 3.50. The first-order chi connectivity index (χ1) is 8.25. The number of allylic oxidation sites excluding steroid dienone is 4. The van der Waals surface area contributed by atoms with E-state index in [-0.39, 0.29) is 24.0 Å². The predicted molar refractivity (Wildman–Crippen MR) is 66.5 cm³/mol. The molecule has 1 atom stereocenters. The Labute approximate surface area is 99.8 Å². The minimum absolute atomic E-state index is 0.0179. The molecule has 17 heavy (non-hydrogen) atoms. The highest BCUT2D eigenvalue weighted by Crippen LogP contribution is 2.14. The smallest absolute Gasteiger partial charge is 0.225 e. The average Bonchev–Trinajstić information content (AvgIpc) is 2.33. The molecule has 1 aliphatic carbocycles. The van der Waals surface area contributed by atoms with E-state index in [2.05, 4.69) is 5.32 Å². The first-order valence-electron chi connectivity index (χ1n) is 5.49. The van der Waals surface area contributed by atoms with E-state index in [0.29, 0.717) is 0 Å². The Morgan fingerprint density at radius 3 is 2.65 bits per heavy atom. The first-order valence-corrected chi connectivity index (χ1v) is 5.49. The minimum Gasteiger partial charge on any atom is -0.326 e. The Morgan fingerprint density at radius 1 is 1.18 bits per heavy atom. The van der Waals surface area contributed by atoms with Gasteiger partial charge in [0.05, 0.1) is 0 Å². The summed E-state index contributed by atoms with van der Waals surface area (Å²) in [6, 6.07) is 9.22. The third-order valence-electron chi connectivity index (χ3n) is 2.54. The number of nitrogens with one attached hydrogen (secondary N) is 1. The van der Waals surface area contributed by atoms with Gasteiger partial charge in [0, 0.05) is 18.0 Å². The van der Waals surface area contributed by atoms with Crippen molar-refractivity contribution in [2.45, 2.75) is 6.42 Å². The molecule has 0 aliphatic heterocycles. The molecule has 1 unspecified atom stereocenters. The summed E-state index contributed by atoms with van der Waals surface area (Å²) in [5, 5.41) is 2.76. The van der Waals surface area contributed by atoms with E-state index in [4.69, 9.17) is 0 Å². The number of ketones is 1. The number of anilines is 1. The summed E-state index contributed by atoms with van der Waals surface area (Å²) in [5.74, 6) is -0.492. The second-order valence-electron chi connectivity index (χ2n) is 3.87. The van der Waals surface area contributed by atoms with Crippen molar-refractivity contribution in [3.05, 3.63) is 54.6 Å². The second kappa shape index (κ2) is 5.25. The lowest BCUT2D eigenvalue weighted by Gasteiger charge is -2.11. The van der Waals surface area contributed by atoms with Crippen LogP contribution in [0.25, 0.3) is 0 Å². The fraction of sp³-hybridized carbons (Fsp3) is 0.143. The molecule has 0 spiro atoms. The van der Waals surface area contributed by atoms with Gasteiger partial charge in [-0.1, -0.05) is 36.4 Å². The van der Waals surface area contributed by atoms with Crippen LogP contribution in [-0.4, -0.2) is 11.7 Å². The van der Waals surface area contributed by atoms with Gasteiger partial charge >= 0.3 is 0 Å². The zero-order valence-corrected chi connectivity index (χ0v) is 9.30. The highest BCUT2D eigenvalue weighted by molar-refractivity contribution is 5.99. The molecule has 3 heteroatoms. The van der Waals surface area contributed by atoms with Crippen LogP contribution in [0.2, 0.25) is 0 Å². The van der Waals surface area contributed by atoms with Crippen molar-refractivity contribution in [1.29, 1.82) is 0 Å². The van der Waals surface area contributed by atoms with Crippen molar-refractivity contribution in [3.8, 4) is 0 Å². The molecule has 1 aromatic rings. The normalized spacial score (nSPS) is 18.1. The Morgan fingerprint density at radius 2 is 1.94 bits per heavy atom. The predicted octanol–water partition coefficient (Wildman–Crippen LogP) is 2.33. The fourth-order valence-electron chi connectivity index (χ4n) is 1.67. The highest BCUT2D eigenvalue weighted by atomic mass is 16.2. The van der Waals surface area contributed by atoms with Gasteiger partial charge in [-0.3, -0.25) is 9.59 Å². The molecule has 0 aromatic heterocycles. The molecule has 1 N–H and O–H groups in total. The summed E-state index contributed by atoms with van der Waals surface area (Å²) >= 11 is 0. The average molecular weight is 227 g/mol. The molecule has 0 fully saturated rings. The van der Waals surface area contributed by atoms with Crippen molar-refractivity contribution in [3.63, 3.8) is 0 Å². The maximum absolute atomic E-state index is 11.7. The number of carbonyl (C=O) groups excluding carboxylic acids is 2. The largest absolute Gasteiger partial charge is 0.326 e. The van der Waals surface area contributed by atoms with Gasteiger partial charge in [-0.05, 0) is 18.2 Å². The summed E-state index contributed by atoms with van der Waals surface area (Å²) in [6.07, 6.45) is 6.93. The van der Waals surface area contributed by atoms with Gasteiger partial charge in [-0.25, -0.2) is 0 Å². The van der Waals surface area contributed by atoms with Crippen LogP contribution >= 0.6 is 0 Å². The van der Waals surface area contributed by atoms with Crippen LogP contribution in [0.3, 0.4) is 0 Å². The summed E-state index contributed by atoms with van der Waals surface area (Å²) in [7, 11) is 0. The summed E-state index contributed by atoms with van der Waals surface area (Å²) in [5.41, 5.74) is 0.750. The van der Waals surface area contributed by atoms with E-state index in [1.807, 2.05) is 30.3 Å². The second-order valence-corrected chi connectivity index (χ2v) is 3.87. The molecule has 1 amide bonds. The van der Waals surface area contributed by atoms with E-state index in [0.717, 1.165) is 5.69 Å². The summed E-state index contributed by atoms with van der Waals surface area (Å²) < 4.78 is 0. The fourth-order valence-corrected chi connectivity index (χ4v) is 1.67. The van der Waals surface area contributed by atoms with Gasteiger partial charge in [0.15, 0.2) is 5.78 Å². The molecule has 1 aromatic carbocycles. The Bertz CT molecular complexity index is 474. The van der Waals surface area contributed by atoms with Gasteiger partial charge in [-0.2, -0.15) is 0 Å². The van der Waals surface area contributed by atoms with Crippen molar-refractivity contribution < 1.29 is 9.59 Å². The Hall–Kier alpha value is -2.16. The Balaban J connectivity index is 1.92. The van der Waals surface area contributed by atoms with Crippen molar-refractivity contribution in [2.24, 2.45) is 5.92 Å². The first kappa shape index (κ1) is 11.3. The molecule has 0 saturated carbocycles. The number of hydrogen-bond acceptors (Lipinski definition) is 2. The number of benzene rings is 1. The zero-order valence-electron chi connectivity index (χ0n) is 9.30. The zero-order chi connectivity index (χ0) is 12.1. The van der Waals surface area contributed by atoms with Crippen molar-refractivity contribution >= 4 is 17.4 Å². The third-order valence-corrected chi connectivity index (χ3v) is 2.54. The van der Waals surface area contributed by atoms with Crippen LogP contribution in [0.1, 0.15) is 6.42 Å². The molecule has 0 heterocycles. The van der Waals surface area contributed by atoms with Crippen LogP contribution in [-0.2, 0) is 9.59 Å². The standard InChI is InChI=1S/C14H13NO2/c16-13-9-5-4-6-11(13)10-14(17)15-12-7-2-1-3-8-12/h1-9,11H,10H2,(H,15,17). The molecule has 0 bridgehead atoms. The SMILES string of the molecule is O=C(CC1C=CC=CC1=O)Nc1ccccc1. The monoisotopic (exact) mass is 227 g/mol.